The first kappa shape index (κ1) is 25.7. The molecule has 4 rings (SSSR count). The zero-order chi connectivity index (χ0) is 26.0. The summed E-state index contributed by atoms with van der Waals surface area (Å²) < 4.78 is 0. The highest BCUT2D eigenvalue weighted by Crippen LogP contribution is 2.32. The lowest BCUT2D eigenvalue weighted by Gasteiger charge is -2.28. The molecule has 2 fully saturated rings. The van der Waals surface area contributed by atoms with Crippen LogP contribution in [0.25, 0.3) is 10.8 Å². The standard InChI is InChI=1S/C28H34N2O6/c1-15-3-7-17(8-4-15)29-25(31)19-11-13-22(28(35)36)24-20(12-14-21(23(19)24)27(33)34)26(32)30-18-9-5-16(2)6-10-18/h11-18H,3-10H2,1-2H3,(H,29,31)(H,30,32)(H,33,34)(H,35,36). The number of carbonyl (C=O) groups excluding carboxylic acids is 2. The number of amides is 2. The van der Waals surface area contributed by atoms with Crippen LogP contribution in [0.5, 0.6) is 0 Å². The number of carboxylic acid groups (broad SMARTS) is 2. The summed E-state index contributed by atoms with van der Waals surface area (Å²) in [5.41, 5.74) is -0.295. The molecule has 4 N–H and O–H groups in total. The van der Waals surface area contributed by atoms with Crippen molar-refractivity contribution in [3.05, 3.63) is 46.5 Å². The summed E-state index contributed by atoms with van der Waals surface area (Å²) in [6, 6.07) is 5.21. The second-order valence-electron chi connectivity index (χ2n) is 10.5. The van der Waals surface area contributed by atoms with Gasteiger partial charge in [0.2, 0.25) is 0 Å². The Bertz CT molecular complexity index is 1100. The number of hydrogen-bond acceptors (Lipinski definition) is 4. The Morgan fingerprint density at radius 3 is 1.19 bits per heavy atom. The minimum absolute atomic E-state index is 0.0195. The molecule has 2 amide bonds. The molecular formula is C28H34N2O6. The fourth-order valence-electron chi connectivity index (χ4n) is 5.57. The second-order valence-corrected chi connectivity index (χ2v) is 10.5. The van der Waals surface area contributed by atoms with Crippen LogP contribution in [0.2, 0.25) is 0 Å². The Kier molecular flexibility index (Phi) is 7.62. The van der Waals surface area contributed by atoms with E-state index in [4.69, 9.17) is 0 Å². The van der Waals surface area contributed by atoms with Crippen LogP contribution in [-0.2, 0) is 0 Å². The van der Waals surface area contributed by atoms with Crippen molar-refractivity contribution in [1.82, 2.24) is 10.6 Å². The van der Waals surface area contributed by atoms with Gasteiger partial charge in [0.1, 0.15) is 0 Å². The van der Waals surface area contributed by atoms with Gasteiger partial charge in [-0.15, -0.1) is 0 Å². The normalized spacial score (nSPS) is 24.2. The van der Waals surface area contributed by atoms with Crippen molar-refractivity contribution in [2.75, 3.05) is 0 Å². The predicted molar refractivity (Wildman–Crippen MR) is 136 cm³/mol. The highest BCUT2D eigenvalue weighted by atomic mass is 16.4. The van der Waals surface area contributed by atoms with E-state index < -0.39 is 23.8 Å². The van der Waals surface area contributed by atoms with E-state index in [0.29, 0.717) is 11.8 Å². The molecule has 0 atom stereocenters. The van der Waals surface area contributed by atoms with E-state index in [9.17, 15) is 29.4 Å². The molecule has 0 bridgehead atoms. The number of carbonyl (C=O) groups is 4. The third kappa shape index (κ3) is 5.37. The van der Waals surface area contributed by atoms with Crippen molar-refractivity contribution in [2.45, 2.75) is 77.3 Å². The van der Waals surface area contributed by atoms with Gasteiger partial charge < -0.3 is 20.8 Å². The molecule has 0 unspecified atom stereocenters. The SMILES string of the molecule is CC1CCC(NC(=O)c2ccc(C(=O)O)c3c(C(=O)NC4CCC(C)CC4)ccc(C(=O)O)c23)CC1. The number of nitrogens with one attached hydrogen (secondary N) is 2. The Morgan fingerprint density at radius 1 is 0.583 bits per heavy atom. The number of rotatable bonds is 6. The fraction of sp³-hybridized carbons (Fsp3) is 0.500. The molecule has 2 aromatic rings. The maximum atomic E-state index is 13.3. The van der Waals surface area contributed by atoms with E-state index in [-0.39, 0.29) is 45.1 Å². The van der Waals surface area contributed by atoms with Gasteiger partial charge in [0, 0.05) is 34.0 Å². The number of fused-ring (bicyclic) bond motifs is 1. The maximum absolute atomic E-state index is 13.3. The van der Waals surface area contributed by atoms with Crippen molar-refractivity contribution >= 4 is 34.5 Å². The summed E-state index contributed by atoms with van der Waals surface area (Å²) in [7, 11) is 0. The molecule has 2 saturated carbocycles. The van der Waals surface area contributed by atoms with Crippen molar-refractivity contribution in [2.24, 2.45) is 11.8 Å². The summed E-state index contributed by atoms with van der Waals surface area (Å²) in [6.07, 6.45) is 7.30. The highest BCUT2D eigenvalue weighted by Gasteiger charge is 2.28. The molecule has 0 heterocycles. The quantitative estimate of drug-likeness (QED) is 0.454. The minimum Gasteiger partial charge on any atom is -0.478 e. The van der Waals surface area contributed by atoms with Crippen molar-refractivity contribution < 1.29 is 29.4 Å². The fourth-order valence-corrected chi connectivity index (χ4v) is 5.57. The molecule has 192 valence electrons. The van der Waals surface area contributed by atoms with Gasteiger partial charge in [-0.2, -0.15) is 0 Å². The Labute approximate surface area is 210 Å². The average Bonchev–Trinajstić information content (AvgIpc) is 2.85. The molecule has 0 radical (unpaired) electrons. The summed E-state index contributed by atoms with van der Waals surface area (Å²) in [5.74, 6) is -2.31. The molecule has 8 heteroatoms. The third-order valence-electron chi connectivity index (χ3n) is 7.81. The van der Waals surface area contributed by atoms with Crippen LogP contribution in [0.1, 0.15) is 107 Å². The zero-order valence-electron chi connectivity index (χ0n) is 20.8. The Morgan fingerprint density at radius 2 is 0.889 bits per heavy atom. The van der Waals surface area contributed by atoms with E-state index in [1.54, 1.807) is 0 Å². The molecular weight excluding hydrogens is 460 g/mol. The van der Waals surface area contributed by atoms with E-state index >= 15 is 0 Å². The predicted octanol–water partition coefficient (Wildman–Crippen LogP) is 4.85. The van der Waals surface area contributed by atoms with Gasteiger partial charge in [-0.05, 0) is 87.5 Å². The van der Waals surface area contributed by atoms with Gasteiger partial charge >= 0.3 is 11.9 Å². The number of hydrogen-bond donors (Lipinski definition) is 4. The molecule has 8 nitrogen and oxygen atoms in total. The molecule has 2 aromatic carbocycles. The zero-order valence-corrected chi connectivity index (χ0v) is 20.8. The van der Waals surface area contributed by atoms with Gasteiger partial charge in [-0.25, -0.2) is 9.59 Å². The van der Waals surface area contributed by atoms with E-state index in [1.165, 1.54) is 24.3 Å². The summed E-state index contributed by atoms with van der Waals surface area (Å²) in [4.78, 5) is 51.0. The van der Waals surface area contributed by atoms with Crippen LogP contribution in [0.4, 0.5) is 0 Å². The first-order chi connectivity index (χ1) is 17.2. The molecule has 2 aliphatic carbocycles. The van der Waals surface area contributed by atoms with E-state index in [1.807, 2.05) is 0 Å². The Hall–Kier alpha value is -3.42. The monoisotopic (exact) mass is 494 g/mol. The van der Waals surface area contributed by atoms with Crippen LogP contribution in [0.15, 0.2) is 24.3 Å². The van der Waals surface area contributed by atoms with Crippen LogP contribution in [0, 0.1) is 11.8 Å². The van der Waals surface area contributed by atoms with Gasteiger partial charge in [0.25, 0.3) is 11.8 Å². The number of carboxylic acids is 2. The summed E-state index contributed by atoms with van der Waals surface area (Å²) in [6.45, 7) is 4.35. The van der Waals surface area contributed by atoms with E-state index in [2.05, 4.69) is 24.5 Å². The average molecular weight is 495 g/mol. The van der Waals surface area contributed by atoms with Crippen LogP contribution in [0.3, 0.4) is 0 Å². The van der Waals surface area contributed by atoms with E-state index in [0.717, 1.165) is 51.4 Å². The lowest BCUT2D eigenvalue weighted by molar-refractivity contribution is 0.0686. The topological polar surface area (TPSA) is 133 Å². The first-order valence-electron chi connectivity index (χ1n) is 12.8. The highest BCUT2D eigenvalue weighted by molar-refractivity contribution is 6.23. The maximum Gasteiger partial charge on any atom is 0.336 e. The molecule has 0 aliphatic heterocycles. The van der Waals surface area contributed by atoms with Gasteiger partial charge in [0.15, 0.2) is 0 Å². The number of benzene rings is 2. The van der Waals surface area contributed by atoms with Gasteiger partial charge in [0.05, 0.1) is 11.1 Å². The molecule has 0 aromatic heterocycles. The number of aromatic carboxylic acids is 2. The summed E-state index contributed by atoms with van der Waals surface area (Å²) in [5, 5.41) is 25.8. The summed E-state index contributed by atoms with van der Waals surface area (Å²) >= 11 is 0. The molecule has 36 heavy (non-hydrogen) atoms. The van der Waals surface area contributed by atoms with Crippen LogP contribution in [-0.4, -0.2) is 46.0 Å². The van der Waals surface area contributed by atoms with Crippen molar-refractivity contribution in [1.29, 1.82) is 0 Å². The largest absolute Gasteiger partial charge is 0.478 e. The second kappa shape index (κ2) is 10.7. The van der Waals surface area contributed by atoms with Crippen LogP contribution < -0.4 is 10.6 Å². The lowest BCUT2D eigenvalue weighted by Crippen LogP contribution is -2.38. The smallest absolute Gasteiger partial charge is 0.336 e. The van der Waals surface area contributed by atoms with Gasteiger partial charge in [-0.1, -0.05) is 13.8 Å². The third-order valence-corrected chi connectivity index (χ3v) is 7.81. The van der Waals surface area contributed by atoms with Crippen molar-refractivity contribution in [3.63, 3.8) is 0 Å². The molecule has 0 spiro atoms. The van der Waals surface area contributed by atoms with Gasteiger partial charge in [-0.3, -0.25) is 9.59 Å². The lowest BCUT2D eigenvalue weighted by atomic mass is 9.86. The Balaban J connectivity index is 1.78. The molecule has 2 aliphatic rings. The van der Waals surface area contributed by atoms with Crippen LogP contribution >= 0.6 is 0 Å². The molecule has 0 saturated heterocycles. The minimum atomic E-state index is -1.30. The van der Waals surface area contributed by atoms with Crippen molar-refractivity contribution in [3.8, 4) is 0 Å². The first-order valence-corrected chi connectivity index (χ1v) is 12.8.